The molecule has 0 fully saturated rings. The van der Waals surface area contributed by atoms with Crippen LogP contribution in [0.1, 0.15) is 16.7 Å². The number of benzene rings is 2. The number of aromatic nitrogens is 1. The molecule has 1 nitrogen and oxygen atoms in total. The average Bonchev–Trinajstić information content (AvgIpc) is 2.47. The van der Waals surface area contributed by atoms with Gasteiger partial charge in [0.05, 0.1) is 5.69 Å². The summed E-state index contributed by atoms with van der Waals surface area (Å²) in [6, 6.07) is 19.2. The predicted molar refractivity (Wildman–Crippen MR) is 89.3 cm³/mol. The van der Waals surface area contributed by atoms with Gasteiger partial charge in [0.2, 0.25) is 0 Å². The van der Waals surface area contributed by atoms with Crippen LogP contribution in [0.4, 0.5) is 0 Å². The van der Waals surface area contributed by atoms with Gasteiger partial charge < -0.3 is 0 Å². The lowest BCUT2D eigenvalue weighted by molar-refractivity contribution is 1.28. The highest BCUT2D eigenvalue weighted by Crippen LogP contribution is 2.30. The Kier molecular flexibility index (Phi) is 3.57. The molecule has 0 amide bonds. The molecule has 21 heavy (non-hydrogen) atoms. The number of rotatable bonds is 2. The van der Waals surface area contributed by atoms with Gasteiger partial charge in [-0.15, -0.1) is 0 Å². The van der Waals surface area contributed by atoms with Crippen molar-refractivity contribution in [2.45, 2.75) is 20.8 Å². The van der Waals surface area contributed by atoms with E-state index in [0.717, 1.165) is 5.69 Å². The fourth-order valence-electron chi connectivity index (χ4n) is 2.80. The van der Waals surface area contributed by atoms with Crippen molar-refractivity contribution in [3.05, 3.63) is 77.5 Å². The van der Waals surface area contributed by atoms with Crippen LogP contribution in [-0.4, -0.2) is 4.98 Å². The fraction of sp³-hybridized carbons (Fsp3) is 0.150. The van der Waals surface area contributed by atoms with Gasteiger partial charge in [-0.2, -0.15) is 0 Å². The molecule has 0 unspecified atom stereocenters. The van der Waals surface area contributed by atoms with Crippen molar-refractivity contribution in [2.24, 2.45) is 0 Å². The zero-order valence-electron chi connectivity index (χ0n) is 12.7. The SMILES string of the molecule is Cc1ccnc(-c2cccc(-c3c(C)cccc3C)c2)c1. The van der Waals surface area contributed by atoms with Crippen LogP contribution in [0.5, 0.6) is 0 Å². The Morgan fingerprint density at radius 2 is 1.38 bits per heavy atom. The van der Waals surface area contributed by atoms with E-state index >= 15 is 0 Å². The van der Waals surface area contributed by atoms with Crippen LogP contribution >= 0.6 is 0 Å². The molecule has 0 radical (unpaired) electrons. The molecular weight excluding hydrogens is 254 g/mol. The summed E-state index contributed by atoms with van der Waals surface area (Å²) >= 11 is 0. The zero-order valence-corrected chi connectivity index (χ0v) is 12.7. The quantitative estimate of drug-likeness (QED) is 0.614. The first-order valence-corrected chi connectivity index (χ1v) is 7.25. The first-order chi connectivity index (χ1) is 10.1. The van der Waals surface area contributed by atoms with Gasteiger partial charge in [0.25, 0.3) is 0 Å². The van der Waals surface area contributed by atoms with Crippen LogP contribution < -0.4 is 0 Å². The number of pyridine rings is 1. The standard InChI is InChI=1S/C20H19N/c1-14-10-11-21-19(12-14)17-8-5-9-18(13-17)20-15(2)6-4-7-16(20)3/h4-13H,1-3H3. The molecule has 0 bridgehead atoms. The summed E-state index contributed by atoms with van der Waals surface area (Å²) in [7, 11) is 0. The molecule has 2 aromatic carbocycles. The predicted octanol–water partition coefficient (Wildman–Crippen LogP) is 5.34. The number of aryl methyl sites for hydroxylation is 3. The highest BCUT2D eigenvalue weighted by Gasteiger charge is 2.07. The second-order valence-electron chi connectivity index (χ2n) is 5.57. The lowest BCUT2D eigenvalue weighted by Gasteiger charge is -2.11. The minimum Gasteiger partial charge on any atom is -0.256 e. The summed E-state index contributed by atoms with van der Waals surface area (Å²) in [5.41, 5.74) is 8.63. The minimum atomic E-state index is 1.03. The number of nitrogens with zero attached hydrogens (tertiary/aromatic N) is 1. The monoisotopic (exact) mass is 273 g/mol. The van der Waals surface area contributed by atoms with Crippen molar-refractivity contribution < 1.29 is 0 Å². The number of hydrogen-bond donors (Lipinski definition) is 0. The fourth-order valence-corrected chi connectivity index (χ4v) is 2.80. The van der Waals surface area contributed by atoms with E-state index in [4.69, 9.17) is 0 Å². The molecule has 3 rings (SSSR count). The van der Waals surface area contributed by atoms with Gasteiger partial charge in [-0.3, -0.25) is 4.98 Å². The smallest absolute Gasteiger partial charge is 0.0704 e. The molecule has 0 N–H and O–H groups in total. The van der Waals surface area contributed by atoms with Crippen molar-refractivity contribution in [2.75, 3.05) is 0 Å². The Bertz CT molecular complexity index is 767. The molecule has 0 aliphatic rings. The molecule has 104 valence electrons. The zero-order chi connectivity index (χ0) is 14.8. The second-order valence-corrected chi connectivity index (χ2v) is 5.57. The molecule has 0 saturated carbocycles. The van der Waals surface area contributed by atoms with E-state index in [9.17, 15) is 0 Å². The van der Waals surface area contributed by atoms with E-state index in [0.29, 0.717) is 0 Å². The van der Waals surface area contributed by atoms with Crippen LogP contribution in [0.3, 0.4) is 0 Å². The molecule has 0 atom stereocenters. The second kappa shape index (κ2) is 5.53. The third-order valence-corrected chi connectivity index (χ3v) is 3.84. The molecule has 1 aromatic heterocycles. The minimum absolute atomic E-state index is 1.03. The van der Waals surface area contributed by atoms with Crippen LogP contribution in [0, 0.1) is 20.8 Å². The van der Waals surface area contributed by atoms with E-state index in [-0.39, 0.29) is 0 Å². The molecule has 0 spiro atoms. The van der Waals surface area contributed by atoms with Crippen molar-refractivity contribution in [3.63, 3.8) is 0 Å². The van der Waals surface area contributed by atoms with E-state index in [1.807, 2.05) is 12.3 Å². The lowest BCUT2D eigenvalue weighted by atomic mass is 9.94. The Labute approximate surface area is 126 Å². The normalized spacial score (nSPS) is 10.6. The van der Waals surface area contributed by atoms with E-state index in [2.05, 4.69) is 74.3 Å². The van der Waals surface area contributed by atoms with E-state index in [1.165, 1.54) is 33.4 Å². The Balaban J connectivity index is 2.13. The third-order valence-electron chi connectivity index (χ3n) is 3.84. The maximum atomic E-state index is 4.49. The van der Waals surface area contributed by atoms with Gasteiger partial charge in [0.1, 0.15) is 0 Å². The van der Waals surface area contributed by atoms with Gasteiger partial charge in [0, 0.05) is 11.8 Å². The number of hydrogen-bond acceptors (Lipinski definition) is 1. The summed E-state index contributed by atoms with van der Waals surface area (Å²) in [6.07, 6.45) is 1.87. The van der Waals surface area contributed by atoms with Gasteiger partial charge in [-0.05, 0) is 66.8 Å². The summed E-state index contributed by atoms with van der Waals surface area (Å²) < 4.78 is 0. The Hall–Kier alpha value is -2.41. The molecule has 3 aromatic rings. The third kappa shape index (κ3) is 2.73. The Morgan fingerprint density at radius 1 is 0.714 bits per heavy atom. The highest BCUT2D eigenvalue weighted by molar-refractivity contribution is 5.75. The maximum absolute atomic E-state index is 4.49. The van der Waals surface area contributed by atoms with Crippen LogP contribution in [0.15, 0.2) is 60.8 Å². The average molecular weight is 273 g/mol. The molecule has 1 heteroatoms. The van der Waals surface area contributed by atoms with Crippen molar-refractivity contribution in [1.29, 1.82) is 0 Å². The molecular formula is C20H19N. The van der Waals surface area contributed by atoms with Crippen LogP contribution in [0.25, 0.3) is 22.4 Å². The van der Waals surface area contributed by atoms with Gasteiger partial charge in [0.15, 0.2) is 0 Å². The van der Waals surface area contributed by atoms with Crippen molar-refractivity contribution >= 4 is 0 Å². The summed E-state index contributed by atoms with van der Waals surface area (Å²) in [4.78, 5) is 4.49. The maximum Gasteiger partial charge on any atom is 0.0704 e. The van der Waals surface area contributed by atoms with Crippen LogP contribution in [-0.2, 0) is 0 Å². The van der Waals surface area contributed by atoms with Crippen molar-refractivity contribution in [3.8, 4) is 22.4 Å². The summed E-state index contributed by atoms with van der Waals surface area (Å²) in [6.45, 7) is 6.43. The summed E-state index contributed by atoms with van der Waals surface area (Å²) in [5.74, 6) is 0. The van der Waals surface area contributed by atoms with Gasteiger partial charge in [-0.25, -0.2) is 0 Å². The lowest BCUT2D eigenvalue weighted by Crippen LogP contribution is -1.89. The molecule has 0 saturated heterocycles. The van der Waals surface area contributed by atoms with Gasteiger partial charge >= 0.3 is 0 Å². The van der Waals surface area contributed by atoms with E-state index in [1.54, 1.807) is 0 Å². The molecule has 0 aliphatic carbocycles. The van der Waals surface area contributed by atoms with Crippen LogP contribution in [0.2, 0.25) is 0 Å². The summed E-state index contributed by atoms with van der Waals surface area (Å²) in [5, 5.41) is 0. The first-order valence-electron chi connectivity index (χ1n) is 7.25. The molecule has 1 heterocycles. The van der Waals surface area contributed by atoms with Crippen molar-refractivity contribution in [1.82, 2.24) is 4.98 Å². The highest BCUT2D eigenvalue weighted by atomic mass is 14.7. The van der Waals surface area contributed by atoms with Gasteiger partial charge in [-0.1, -0.05) is 36.4 Å². The van der Waals surface area contributed by atoms with E-state index < -0.39 is 0 Å². The molecule has 0 aliphatic heterocycles. The first kappa shape index (κ1) is 13.6. The Morgan fingerprint density at radius 3 is 2.10 bits per heavy atom. The topological polar surface area (TPSA) is 12.9 Å². The largest absolute Gasteiger partial charge is 0.256 e.